The van der Waals surface area contributed by atoms with Crippen molar-refractivity contribution in [1.82, 2.24) is 5.32 Å². The molecule has 166 valence electrons. The number of allylic oxidation sites excluding steroid dienone is 3. The molecule has 0 fully saturated rings. The van der Waals surface area contributed by atoms with Gasteiger partial charge in [-0.1, -0.05) is 42.5 Å². The Bertz CT molecular complexity index is 1380. The van der Waals surface area contributed by atoms with Gasteiger partial charge in [-0.3, -0.25) is 9.59 Å². The zero-order valence-corrected chi connectivity index (χ0v) is 18.2. The summed E-state index contributed by atoms with van der Waals surface area (Å²) in [4.78, 5) is 39.8. The van der Waals surface area contributed by atoms with E-state index in [-0.39, 0.29) is 29.0 Å². The second-order valence-corrected chi connectivity index (χ2v) is 8.34. The fraction of sp³-hybridized carbons (Fsp3) is 0.222. The normalized spacial score (nSPS) is 18.2. The maximum Gasteiger partial charge on any atom is 0.337 e. The van der Waals surface area contributed by atoms with Gasteiger partial charge in [0, 0.05) is 29.0 Å². The van der Waals surface area contributed by atoms with Gasteiger partial charge < -0.3 is 14.5 Å². The first-order chi connectivity index (χ1) is 16.0. The third-order valence-corrected chi connectivity index (χ3v) is 6.23. The molecule has 1 aromatic heterocycles. The van der Waals surface area contributed by atoms with Crippen molar-refractivity contribution >= 4 is 22.7 Å². The Morgan fingerprint density at radius 2 is 1.82 bits per heavy atom. The molecule has 0 bridgehead atoms. The van der Waals surface area contributed by atoms with Crippen molar-refractivity contribution in [3.05, 3.63) is 105 Å². The van der Waals surface area contributed by atoms with Crippen molar-refractivity contribution in [2.75, 3.05) is 0 Å². The molecular formula is C27H23NO5. The van der Waals surface area contributed by atoms with Crippen LogP contribution in [0.1, 0.15) is 43.2 Å². The van der Waals surface area contributed by atoms with Crippen molar-refractivity contribution in [3.63, 3.8) is 0 Å². The Kier molecular flexibility index (Phi) is 5.42. The van der Waals surface area contributed by atoms with Gasteiger partial charge in [-0.2, -0.15) is 0 Å². The number of carbonyl (C=O) groups excluding carboxylic acids is 2. The Labute approximate surface area is 190 Å². The molecule has 3 aromatic rings. The SMILES string of the molecule is CC1=C(C(=O)OCc2ccccc2)[C@H](c2coc3ccccc3c2=O)C2=C(CCCC2=O)N1. The van der Waals surface area contributed by atoms with Crippen molar-refractivity contribution in [2.24, 2.45) is 0 Å². The third kappa shape index (κ3) is 3.78. The molecule has 1 aliphatic heterocycles. The Morgan fingerprint density at radius 1 is 1.06 bits per heavy atom. The zero-order chi connectivity index (χ0) is 22.9. The highest BCUT2D eigenvalue weighted by Gasteiger charge is 2.40. The number of esters is 1. The summed E-state index contributed by atoms with van der Waals surface area (Å²) in [5, 5.41) is 3.65. The van der Waals surface area contributed by atoms with Crippen molar-refractivity contribution in [2.45, 2.75) is 38.7 Å². The van der Waals surface area contributed by atoms with E-state index in [0.29, 0.717) is 35.1 Å². The molecule has 0 unspecified atom stereocenters. The molecular weight excluding hydrogens is 418 g/mol. The lowest BCUT2D eigenvalue weighted by Gasteiger charge is -2.33. The smallest absolute Gasteiger partial charge is 0.337 e. The number of ether oxygens (including phenoxy) is 1. The van der Waals surface area contributed by atoms with Gasteiger partial charge in [0.1, 0.15) is 12.2 Å². The molecule has 1 aliphatic carbocycles. The molecule has 0 saturated carbocycles. The fourth-order valence-corrected chi connectivity index (χ4v) is 4.66. The van der Waals surface area contributed by atoms with Gasteiger partial charge in [0.05, 0.1) is 23.1 Å². The number of fused-ring (bicyclic) bond motifs is 1. The number of carbonyl (C=O) groups is 2. The van der Waals surface area contributed by atoms with Crippen LogP contribution in [-0.2, 0) is 20.9 Å². The Balaban J connectivity index is 1.61. The number of rotatable bonds is 4. The lowest BCUT2D eigenvalue weighted by Crippen LogP contribution is -2.36. The minimum Gasteiger partial charge on any atom is -0.464 e. The van der Waals surface area contributed by atoms with Crippen molar-refractivity contribution < 1.29 is 18.7 Å². The number of nitrogens with one attached hydrogen (secondary N) is 1. The molecule has 5 rings (SSSR count). The molecule has 0 spiro atoms. The van der Waals surface area contributed by atoms with E-state index in [1.165, 1.54) is 6.26 Å². The largest absolute Gasteiger partial charge is 0.464 e. The number of Topliss-reactive ketones (excluding diaryl/α,β-unsaturated/α-hetero) is 1. The molecule has 2 aliphatic rings. The van der Waals surface area contributed by atoms with Crippen LogP contribution < -0.4 is 10.7 Å². The van der Waals surface area contributed by atoms with E-state index in [0.717, 1.165) is 17.7 Å². The molecule has 0 amide bonds. The summed E-state index contributed by atoms with van der Waals surface area (Å²) in [5.74, 6) is -1.47. The van der Waals surface area contributed by atoms with E-state index in [1.54, 1.807) is 31.2 Å². The quantitative estimate of drug-likeness (QED) is 0.600. The lowest BCUT2D eigenvalue weighted by atomic mass is 9.75. The summed E-state index contributed by atoms with van der Waals surface area (Å²) >= 11 is 0. The lowest BCUT2D eigenvalue weighted by molar-refractivity contribution is -0.140. The molecule has 1 N–H and O–H groups in total. The van der Waals surface area contributed by atoms with Crippen LogP contribution in [0.15, 0.2) is 92.6 Å². The zero-order valence-electron chi connectivity index (χ0n) is 18.2. The van der Waals surface area contributed by atoms with Gasteiger partial charge >= 0.3 is 5.97 Å². The van der Waals surface area contributed by atoms with Crippen LogP contribution in [0.25, 0.3) is 11.0 Å². The molecule has 33 heavy (non-hydrogen) atoms. The van der Waals surface area contributed by atoms with Crippen LogP contribution in [0, 0.1) is 0 Å². The number of hydrogen-bond acceptors (Lipinski definition) is 6. The molecule has 0 radical (unpaired) electrons. The van der Waals surface area contributed by atoms with Crippen LogP contribution in [0.4, 0.5) is 0 Å². The molecule has 6 nitrogen and oxygen atoms in total. The minimum atomic E-state index is -0.835. The van der Waals surface area contributed by atoms with Crippen molar-refractivity contribution in [1.29, 1.82) is 0 Å². The first-order valence-corrected chi connectivity index (χ1v) is 11.0. The standard InChI is InChI=1S/C27H23NO5/c1-16-23(27(31)33-14-17-8-3-2-4-9-17)24(25-20(28-16)11-7-12-21(25)29)19-15-32-22-13-6-5-10-18(22)26(19)30/h2-6,8-10,13,15,24,28H,7,11-12,14H2,1H3/t24-/m0/s1. The van der Waals surface area contributed by atoms with Gasteiger partial charge in [-0.25, -0.2) is 4.79 Å². The average molecular weight is 441 g/mol. The van der Waals surface area contributed by atoms with E-state index in [4.69, 9.17) is 9.15 Å². The highest BCUT2D eigenvalue weighted by Crippen LogP contribution is 2.42. The molecule has 2 heterocycles. The molecule has 0 saturated heterocycles. The summed E-state index contributed by atoms with van der Waals surface area (Å²) < 4.78 is 11.4. The third-order valence-electron chi connectivity index (χ3n) is 6.23. The maximum atomic E-state index is 13.5. The number of dihydropyridines is 1. The fourth-order valence-electron chi connectivity index (χ4n) is 4.66. The number of para-hydroxylation sites is 1. The summed E-state index contributed by atoms with van der Waals surface area (Å²) in [6.45, 7) is 1.87. The van der Waals surface area contributed by atoms with Crippen LogP contribution in [0.2, 0.25) is 0 Å². The van der Waals surface area contributed by atoms with E-state index >= 15 is 0 Å². The van der Waals surface area contributed by atoms with Gasteiger partial charge in [0.15, 0.2) is 11.2 Å². The summed E-state index contributed by atoms with van der Waals surface area (Å²) in [7, 11) is 0. The number of ketones is 1. The van der Waals surface area contributed by atoms with E-state index in [9.17, 15) is 14.4 Å². The first kappa shape index (κ1) is 20.9. The van der Waals surface area contributed by atoms with Crippen molar-refractivity contribution in [3.8, 4) is 0 Å². The summed E-state index contributed by atoms with van der Waals surface area (Å²) in [6.07, 6.45) is 3.16. The van der Waals surface area contributed by atoms with Gasteiger partial charge in [0.25, 0.3) is 0 Å². The van der Waals surface area contributed by atoms with Crippen LogP contribution in [-0.4, -0.2) is 11.8 Å². The first-order valence-electron chi connectivity index (χ1n) is 11.0. The van der Waals surface area contributed by atoms with Crippen LogP contribution >= 0.6 is 0 Å². The minimum absolute atomic E-state index is 0.0674. The predicted molar refractivity (Wildman–Crippen MR) is 123 cm³/mol. The molecule has 1 atom stereocenters. The van der Waals surface area contributed by atoms with Crippen LogP contribution in [0.3, 0.4) is 0 Å². The monoisotopic (exact) mass is 441 g/mol. The summed E-state index contributed by atoms with van der Waals surface area (Å²) in [5.41, 5.74) is 3.39. The Hall–Kier alpha value is -3.93. The summed E-state index contributed by atoms with van der Waals surface area (Å²) in [6, 6.07) is 16.3. The van der Waals surface area contributed by atoms with Crippen LogP contribution in [0.5, 0.6) is 0 Å². The molecule has 2 aromatic carbocycles. The number of hydrogen-bond donors (Lipinski definition) is 1. The van der Waals surface area contributed by atoms with E-state index in [1.807, 2.05) is 30.3 Å². The highest BCUT2D eigenvalue weighted by molar-refractivity contribution is 6.04. The maximum absolute atomic E-state index is 13.5. The highest BCUT2D eigenvalue weighted by atomic mass is 16.5. The van der Waals surface area contributed by atoms with Gasteiger partial charge in [-0.15, -0.1) is 0 Å². The van der Waals surface area contributed by atoms with Gasteiger partial charge in [-0.05, 0) is 37.5 Å². The second kappa shape index (κ2) is 8.54. The molecule has 6 heteroatoms. The predicted octanol–water partition coefficient (Wildman–Crippen LogP) is 4.50. The second-order valence-electron chi connectivity index (χ2n) is 8.34. The van der Waals surface area contributed by atoms with Gasteiger partial charge in [0.2, 0.25) is 0 Å². The average Bonchev–Trinajstić information content (AvgIpc) is 2.83. The topological polar surface area (TPSA) is 85.6 Å². The van der Waals surface area contributed by atoms with E-state index < -0.39 is 11.9 Å². The Morgan fingerprint density at radius 3 is 2.64 bits per heavy atom. The van der Waals surface area contributed by atoms with E-state index in [2.05, 4.69) is 5.32 Å². The number of benzene rings is 2.